The van der Waals surface area contributed by atoms with Crippen LogP contribution >= 0.6 is 0 Å². The molecule has 0 N–H and O–H groups in total. The van der Waals surface area contributed by atoms with E-state index in [1.807, 2.05) is 0 Å². The zero-order chi connectivity index (χ0) is 9.26. The molecule has 2 rings (SSSR count). The minimum absolute atomic E-state index is 1.03. The minimum Gasteiger partial charge on any atom is -0.0998 e. The topological polar surface area (TPSA) is 0 Å². The monoisotopic (exact) mass is 172 g/mol. The van der Waals surface area contributed by atoms with Gasteiger partial charge in [0, 0.05) is 0 Å². The van der Waals surface area contributed by atoms with Gasteiger partial charge in [-0.3, -0.25) is 0 Å². The highest BCUT2D eigenvalue weighted by Gasteiger charge is 2.10. The van der Waals surface area contributed by atoms with Crippen LogP contribution in [-0.4, -0.2) is 0 Å². The third kappa shape index (κ3) is 1.82. The predicted molar refractivity (Wildman–Crippen MR) is 57.0 cm³/mol. The van der Waals surface area contributed by atoms with Gasteiger partial charge in [-0.25, -0.2) is 0 Å². The number of benzene rings is 1. The van der Waals surface area contributed by atoms with Gasteiger partial charge < -0.3 is 0 Å². The minimum atomic E-state index is 1.03. The third-order valence-electron chi connectivity index (χ3n) is 2.67. The maximum absolute atomic E-state index is 3.94. The molecule has 0 fully saturated rings. The van der Waals surface area contributed by atoms with Gasteiger partial charge >= 0.3 is 0 Å². The molecule has 0 saturated carbocycles. The summed E-state index contributed by atoms with van der Waals surface area (Å²) in [5, 5.41) is 0. The molecule has 0 heteroatoms. The molecule has 0 radical (unpaired) electrons. The number of aryl methyl sites for hydroxylation is 2. The van der Waals surface area contributed by atoms with E-state index in [0.717, 1.165) is 6.42 Å². The molecule has 0 aliphatic heterocycles. The number of rotatable bonds is 2. The highest BCUT2D eigenvalue weighted by molar-refractivity contribution is 5.36. The molecule has 13 heavy (non-hydrogen) atoms. The molecule has 0 bridgehead atoms. The highest BCUT2D eigenvalue weighted by atomic mass is 14.1. The highest BCUT2D eigenvalue weighted by Crippen LogP contribution is 2.23. The van der Waals surface area contributed by atoms with Crippen LogP contribution in [0.15, 0.2) is 30.4 Å². The summed E-state index contributed by atoms with van der Waals surface area (Å²) in [6.45, 7) is 6.03. The van der Waals surface area contributed by atoms with E-state index in [1.165, 1.54) is 30.4 Å². The lowest BCUT2D eigenvalue weighted by Crippen LogP contribution is -1.89. The van der Waals surface area contributed by atoms with Crippen molar-refractivity contribution in [2.75, 3.05) is 0 Å². The molecular formula is C13H16. The first kappa shape index (κ1) is 8.55. The number of hydrogen-bond acceptors (Lipinski definition) is 0. The van der Waals surface area contributed by atoms with Crippen LogP contribution in [0.25, 0.3) is 0 Å². The molecule has 0 unspecified atom stereocenters. The summed E-state index contributed by atoms with van der Waals surface area (Å²) in [7, 11) is 0. The smallest absolute Gasteiger partial charge is 0.00725 e. The largest absolute Gasteiger partial charge is 0.0998 e. The van der Waals surface area contributed by atoms with Crippen LogP contribution in [0.4, 0.5) is 0 Å². The first-order valence-electron chi connectivity index (χ1n) is 5.01. The lowest BCUT2D eigenvalue weighted by atomic mass is 10.0. The Labute approximate surface area is 80.3 Å². The Morgan fingerprint density at radius 2 is 2.08 bits per heavy atom. The van der Waals surface area contributed by atoms with Crippen molar-refractivity contribution in [3.05, 3.63) is 47.0 Å². The Morgan fingerprint density at radius 1 is 1.31 bits per heavy atom. The molecule has 68 valence electrons. The van der Waals surface area contributed by atoms with Crippen LogP contribution < -0.4 is 0 Å². The van der Waals surface area contributed by atoms with Gasteiger partial charge in [0.1, 0.15) is 0 Å². The maximum atomic E-state index is 3.94. The fourth-order valence-corrected chi connectivity index (χ4v) is 2.08. The van der Waals surface area contributed by atoms with E-state index in [4.69, 9.17) is 0 Å². The van der Waals surface area contributed by atoms with Crippen LogP contribution in [0, 0.1) is 0 Å². The zero-order valence-electron chi connectivity index (χ0n) is 8.27. The Morgan fingerprint density at radius 3 is 2.85 bits per heavy atom. The van der Waals surface area contributed by atoms with E-state index >= 15 is 0 Å². The zero-order valence-corrected chi connectivity index (χ0v) is 8.27. The molecule has 1 aromatic carbocycles. The molecule has 1 aromatic rings. The van der Waals surface area contributed by atoms with Crippen molar-refractivity contribution in [2.45, 2.75) is 32.6 Å². The van der Waals surface area contributed by atoms with Crippen molar-refractivity contribution >= 4 is 0 Å². The average Bonchev–Trinajstić information content (AvgIpc) is 2.49. The maximum Gasteiger partial charge on any atom is -0.00725 e. The summed E-state index contributed by atoms with van der Waals surface area (Å²) in [6, 6.07) is 6.90. The van der Waals surface area contributed by atoms with E-state index in [9.17, 15) is 0 Å². The molecule has 0 spiro atoms. The van der Waals surface area contributed by atoms with Gasteiger partial charge in [0.15, 0.2) is 0 Å². The predicted octanol–water partition coefficient (Wildman–Crippen LogP) is 3.29. The Kier molecular flexibility index (Phi) is 2.22. The van der Waals surface area contributed by atoms with E-state index < -0.39 is 0 Å². The van der Waals surface area contributed by atoms with Gasteiger partial charge in [-0.15, -0.1) is 0 Å². The fraction of sp³-hybridized carbons (Fsp3) is 0.385. The van der Waals surface area contributed by atoms with E-state index in [-0.39, 0.29) is 0 Å². The quantitative estimate of drug-likeness (QED) is 0.600. The molecule has 0 atom stereocenters. The van der Waals surface area contributed by atoms with E-state index in [2.05, 4.69) is 31.7 Å². The van der Waals surface area contributed by atoms with Crippen molar-refractivity contribution in [3.8, 4) is 0 Å². The van der Waals surface area contributed by atoms with Crippen LogP contribution in [0.1, 0.15) is 30.0 Å². The van der Waals surface area contributed by atoms with Gasteiger partial charge in [0.25, 0.3) is 0 Å². The van der Waals surface area contributed by atoms with Gasteiger partial charge in [-0.2, -0.15) is 0 Å². The summed E-state index contributed by atoms with van der Waals surface area (Å²) in [4.78, 5) is 0. The average molecular weight is 172 g/mol. The molecule has 1 aliphatic carbocycles. The summed E-state index contributed by atoms with van der Waals surface area (Å²) in [6.07, 6.45) is 4.93. The summed E-state index contributed by atoms with van der Waals surface area (Å²) in [5.74, 6) is 0. The second kappa shape index (κ2) is 3.37. The van der Waals surface area contributed by atoms with Crippen LogP contribution in [0.5, 0.6) is 0 Å². The molecule has 0 aromatic heterocycles. The third-order valence-corrected chi connectivity index (χ3v) is 2.67. The summed E-state index contributed by atoms with van der Waals surface area (Å²) >= 11 is 0. The molecule has 0 heterocycles. The van der Waals surface area contributed by atoms with Gasteiger partial charge in [0.05, 0.1) is 0 Å². The van der Waals surface area contributed by atoms with Crippen LogP contribution in [0.2, 0.25) is 0 Å². The van der Waals surface area contributed by atoms with Crippen LogP contribution in [-0.2, 0) is 19.3 Å². The number of allylic oxidation sites excluding steroid dienone is 1. The van der Waals surface area contributed by atoms with Crippen molar-refractivity contribution in [3.63, 3.8) is 0 Å². The van der Waals surface area contributed by atoms with Crippen molar-refractivity contribution in [2.24, 2.45) is 0 Å². The molecule has 0 nitrogen and oxygen atoms in total. The first-order valence-corrected chi connectivity index (χ1v) is 5.01. The Balaban J connectivity index is 2.25. The van der Waals surface area contributed by atoms with Crippen molar-refractivity contribution < 1.29 is 0 Å². The van der Waals surface area contributed by atoms with E-state index in [1.54, 1.807) is 11.1 Å². The van der Waals surface area contributed by atoms with Crippen molar-refractivity contribution in [1.82, 2.24) is 0 Å². The SMILES string of the molecule is C=C(C)Cc1ccc2c(c1)CCC2. The Bertz CT molecular complexity index is 334. The fourth-order valence-electron chi connectivity index (χ4n) is 2.08. The Hall–Kier alpha value is -1.04. The second-order valence-corrected chi connectivity index (χ2v) is 4.09. The second-order valence-electron chi connectivity index (χ2n) is 4.09. The number of fused-ring (bicyclic) bond motifs is 1. The lowest BCUT2D eigenvalue weighted by molar-refractivity contribution is 0.911. The van der Waals surface area contributed by atoms with Gasteiger partial charge in [0.2, 0.25) is 0 Å². The summed E-state index contributed by atoms with van der Waals surface area (Å²) in [5.41, 5.74) is 5.80. The summed E-state index contributed by atoms with van der Waals surface area (Å²) < 4.78 is 0. The molecular weight excluding hydrogens is 156 g/mol. The molecule has 0 amide bonds. The standard InChI is InChI=1S/C13H16/c1-10(2)8-11-6-7-12-4-3-5-13(12)9-11/h6-7,9H,1,3-5,8H2,2H3. The van der Waals surface area contributed by atoms with Crippen LogP contribution in [0.3, 0.4) is 0 Å². The van der Waals surface area contributed by atoms with Crippen molar-refractivity contribution in [1.29, 1.82) is 0 Å². The lowest BCUT2D eigenvalue weighted by Gasteiger charge is -2.04. The number of hydrogen-bond donors (Lipinski definition) is 0. The van der Waals surface area contributed by atoms with E-state index in [0.29, 0.717) is 0 Å². The van der Waals surface area contributed by atoms with Gasteiger partial charge in [-0.05, 0) is 49.3 Å². The first-order chi connectivity index (χ1) is 6.25. The molecule has 0 saturated heterocycles. The molecule has 1 aliphatic rings. The normalized spacial score (nSPS) is 14.2. The van der Waals surface area contributed by atoms with Gasteiger partial charge in [-0.1, -0.05) is 30.4 Å².